The van der Waals surface area contributed by atoms with Crippen LogP contribution in [0.1, 0.15) is 104 Å². The average Bonchev–Trinajstić information content (AvgIpc) is 2.55. The number of esters is 1. The van der Waals surface area contributed by atoms with Gasteiger partial charge >= 0.3 is 5.97 Å². The topological polar surface area (TPSA) is 55.4 Å². The Morgan fingerprint density at radius 2 is 1.33 bits per heavy atom. The van der Waals surface area contributed by atoms with Gasteiger partial charge in [0, 0.05) is 19.4 Å². The highest BCUT2D eigenvalue weighted by atomic mass is 16.5. The van der Waals surface area contributed by atoms with Gasteiger partial charge in [-0.2, -0.15) is 0 Å². The van der Waals surface area contributed by atoms with Gasteiger partial charge in [-0.05, 0) is 19.3 Å². The van der Waals surface area contributed by atoms with E-state index in [1.807, 2.05) is 0 Å². The fourth-order valence-corrected chi connectivity index (χ4v) is 3.04. The molecule has 142 valence electrons. The summed E-state index contributed by atoms with van der Waals surface area (Å²) < 4.78 is 4.64. The highest BCUT2D eigenvalue weighted by Crippen LogP contribution is 2.14. The van der Waals surface area contributed by atoms with Gasteiger partial charge in [-0.3, -0.25) is 9.59 Å². The first-order valence-corrected chi connectivity index (χ1v) is 9.94. The molecular formula is C20H39NO3. The minimum absolute atomic E-state index is 0.0871. The van der Waals surface area contributed by atoms with Crippen LogP contribution in [0.2, 0.25) is 0 Å². The summed E-state index contributed by atoms with van der Waals surface area (Å²) in [6.07, 6.45) is 16.0. The van der Waals surface area contributed by atoms with Crippen molar-refractivity contribution in [2.24, 2.45) is 0 Å². The van der Waals surface area contributed by atoms with Crippen LogP contribution in [-0.2, 0) is 14.3 Å². The molecule has 4 nitrogen and oxygen atoms in total. The van der Waals surface area contributed by atoms with Crippen LogP contribution < -0.4 is 5.32 Å². The van der Waals surface area contributed by atoms with Crippen LogP contribution in [0.3, 0.4) is 0 Å². The number of carbonyl (C=O) groups is 2. The van der Waals surface area contributed by atoms with Gasteiger partial charge < -0.3 is 10.1 Å². The Morgan fingerprint density at radius 1 is 0.833 bits per heavy atom. The number of amides is 1. The first kappa shape index (κ1) is 22.9. The van der Waals surface area contributed by atoms with Crippen molar-refractivity contribution in [2.45, 2.75) is 110 Å². The molecule has 1 atom stereocenters. The van der Waals surface area contributed by atoms with E-state index in [0.717, 1.165) is 38.5 Å². The number of hydrogen-bond acceptors (Lipinski definition) is 3. The van der Waals surface area contributed by atoms with Crippen molar-refractivity contribution in [3.63, 3.8) is 0 Å². The molecule has 0 saturated carbocycles. The molecule has 0 heterocycles. The fourth-order valence-electron chi connectivity index (χ4n) is 3.04. The van der Waals surface area contributed by atoms with E-state index in [-0.39, 0.29) is 11.9 Å². The number of rotatable bonds is 16. The zero-order valence-electron chi connectivity index (χ0n) is 16.2. The molecule has 0 spiro atoms. The lowest BCUT2D eigenvalue weighted by Gasteiger charge is -2.17. The molecule has 1 amide bonds. The maximum absolute atomic E-state index is 11.3. The molecule has 1 unspecified atom stereocenters. The second-order valence-corrected chi connectivity index (χ2v) is 6.84. The molecule has 0 rings (SSSR count). The molecular weight excluding hydrogens is 302 g/mol. The molecule has 24 heavy (non-hydrogen) atoms. The van der Waals surface area contributed by atoms with Crippen LogP contribution in [0.15, 0.2) is 0 Å². The smallest absolute Gasteiger partial charge is 0.305 e. The monoisotopic (exact) mass is 341 g/mol. The van der Waals surface area contributed by atoms with Crippen molar-refractivity contribution >= 4 is 11.9 Å². The summed E-state index contributed by atoms with van der Waals surface area (Å²) in [6, 6.07) is 0.337. The Bertz CT molecular complexity index is 318. The van der Waals surface area contributed by atoms with Gasteiger partial charge in [0.2, 0.25) is 5.91 Å². The van der Waals surface area contributed by atoms with Crippen molar-refractivity contribution in [2.75, 3.05) is 7.11 Å². The number of ether oxygens (including phenoxy) is 1. The number of unbranched alkanes of at least 4 members (excludes halogenated alkanes) is 9. The van der Waals surface area contributed by atoms with Gasteiger partial charge in [-0.1, -0.05) is 71.1 Å². The maximum Gasteiger partial charge on any atom is 0.305 e. The Kier molecular flexibility index (Phi) is 16.0. The Balaban J connectivity index is 3.67. The number of methoxy groups -OCH3 is 1. The van der Waals surface area contributed by atoms with E-state index in [1.54, 1.807) is 6.92 Å². The molecule has 0 aromatic heterocycles. The van der Waals surface area contributed by atoms with Gasteiger partial charge in [-0.15, -0.1) is 0 Å². The van der Waals surface area contributed by atoms with Crippen LogP contribution >= 0.6 is 0 Å². The summed E-state index contributed by atoms with van der Waals surface area (Å²) in [6.45, 7) is 3.85. The summed E-state index contributed by atoms with van der Waals surface area (Å²) in [5.74, 6) is -0.0243. The number of carbonyl (C=O) groups excluding carboxylic acids is 2. The zero-order valence-corrected chi connectivity index (χ0v) is 16.2. The van der Waals surface area contributed by atoms with Crippen molar-refractivity contribution in [1.82, 2.24) is 5.32 Å². The lowest BCUT2D eigenvalue weighted by molar-refractivity contribution is -0.140. The summed E-state index contributed by atoms with van der Waals surface area (Å²) in [5.41, 5.74) is 0. The Labute approximate surface area is 149 Å². The predicted octanol–water partition coefficient (Wildman–Crippen LogP) is 5.15. The van der Waals surface area contributed by atoms with Gasteiger partial charge in [0.1, 0.15) is 0 Å². The molecule has 0 aliphatic carbocycles. The van der Waals surface area contributed by atoms with E-state index in [0.29, 0.717) is 12.5 Å². The van der Waals surface area contributed by atoms with E-state index in [4.69, 9.17) is 0 Å². The summed E-state index contributed by atoms with van der Waals surface area (Å²) in [4.78, 5) is 22.4. The molecule has 0 aromatic rings. The maximum atomic E-state index is 11.3. The molecule has 4 heteroatoms. The largest absolute Gasteiger partial charge is 0.469 e. The SMILES string of the molecule is CCCCCCCCC(CCCCCCCC(=O)OC)NC(C)=O. The average molecular weight is 342 g/mol. The minimum atomic E-state index is -0.111. The van der Waals surface area contributed by atoms with Gasteiger partial charge in [0.05, 0.1) is 7.11 Å². The highest BCUT2D eigenvalue weighted by molar-refractivity contribution is 5.73. The number of hydrogen-bond donors (Lipinski definition) is 1. The van der Waals surface area contributed by atoms with Crippen LogP contribution in [0.5, 0.6) is 0 Å². The zero-order chi connectivity index (χ0) is 18.0. The standard InChI is InChI=1S/C20H39NO3/c1-4-5-6-7-9-12-15-19(21-18(2)22)16-13-10-8-11-14-17-20(23)24-3/h19H,4-17H2,1-3H3,(H,21,22). The molecule has 0 bridgehead atoms. The molecule has 0 fully saturated rings. The first-order valence-electron chi connectivity index (χ1n) is 9.94. The second-order valence-electron chi connectivity index (χ2n) is 6.84. The van der Waals surface area contributed by atoms with Crippen molar-refractivity contribution < 1.29 is 14.3 Å². The highest BCUT2D eigenvalue weighted by Gasteiger charge is 2.09. The molecule has 0 aliphatic rings. The van der Waals surface area contributed by atoms with Gasteiger partial charge in [-0.25, -0.2) is 0 Å². The van der Waals surface area contributed by atoms with Crippen LogP contribution in [0, 0.1) is 0 Å². The predicted molar refractivity (Wildman–Crippen MR) is 99.9 cm³/mol. The van der Waals surface area contributed by atoms with Crippen LogP contribution in [0.4, 0.5) is 0 Å². The lowest BCUT2D eigenvalue weighted by atomic mass is 10.00. The molecule has 0 aliphatic heterocycles. The molecule has 0 saturated heterocycles. The lowest BCUT2D eigenvalue weighted by Crippen LogP contribution is -2.32. The van der Waals surface area contributed by atoms with E-state index in [9.17, 15) is 9.59 Å². The fraction of sp³-hybridized carbons (Fsp3) is 0.900. The summed E-state index contributed by atoms with van der Waals surface area (Å²) in [7, 11) is 1.44. The van der Waals surface area contributed by atoms with E-state index in [2.05, 4.69) is 17.0 Å². The van der Waals surface area contributed by atoms with Crippen molar-refractivity contribution in [3.05, 3.63) is 0 Å². The van der Waals surface area contributed by atoms with E-state index >= 15 is 0 Å². The third-order valence-electron chi connectivity index (χ3n) is 4.47. The first-order chi connectivity index (χ1) is 11.6. The van der Waals surface area contributed by atoms with Crippen LogP contribution in [0.25, 0.3) is 0 Å². The van der Waals surface area contributed by atoms with Crippen LogP contribution in [-0.4, -0.2) is 25.0 Å². The molecule has 0 radical (unpaired) electrons. The molecule has 0 aromatic carbocycles. The van der Waals surface area contributed by atoms with Gasteiger partial charge in [0.15, 0.2) is 0 Å². The normalized spacial score (nSPS) is 12.0. The second kappa shape index (κ2) is 16.8. The number of nitrogens with one attached hydrogen (secondary N) is 1. The third-order valence-corrected chi connectivity index (χ3v) is 4.47. The van der Waals surface area contributed by atoms with Gasteiger partial charge in [0.25, 0.3) is 0 Å². The van der Waals surface area contributed by atoms with Crippen molar-refractivity contribution in [1.29, 1.82) is 0 Å². The Morgan fingerprint density at radius 3 is 1.83 bits per heavy atom. The summed E-state index contributed by atoms with van der Waals surface area (Å²) in [5, 5.41) is 3.11. The Hall–Kier alpha value is -1.06. The molecule has 1 N–H and O–H groups in total. The quantitative estimate of drug-likeness (QED) is 0.312. The summed E-state index contributed by atoms with van der Waals surface area (Å²) >= 11 is 0. The van der Waals surface area contributed by atoms with E-state index in [1.165, 1.54) is 52.1 Å². The minimum Gasteiger partial charge on any atom is -0.469 e. The third kappa shape index (κ3) is 15.8. The van der Waals surface area contributed by atoms with E-state index < -0.39 is 0 Å². The van der Waals surface area contributed by atoms with Crippen molar-refractivity contribution in [3.8, 4) is 0 Å².